The van der Waals surface area contributed by atoms with Crippen LogP contribution in [0.3, 0.4) is 0 Å². The molecule has 2 aromatic carbocycles. The van der Waals surface area contributed by atoms with E-state index in [9.17, 15) is 22.8 Å². The standard InChI is InChI=1S/C20H19F3N2O3/c1-14(2)19(27)28-13-18(26)25(24-12-15-7-4-3-5-8-15)17-10-6-9-16(11-17)20(21,22)23/h3-12,14H,13H2,1-2H3/b24-12+. The van der Waals surface area contributed by atoms with Gasteiger partial charge in [0.1, 0.15) is 0 Å². The number of hydrazone groups is 1. The summed E-state index contributed by atoms with van der Waals surface area (Å²) in [6.45, 7) is 2.56. The molecule has 0 saturated carbocycles. The summed E-state index contributed by atoms with van der Waals surface area (Å²) in [6, 6.07) is 12.9. The van der Waals surface area contributed by atoms with Crippen LogP contribution in [0.4, 0.5) is 18.9 Å². The van der Waals surface area contributed by atoms with Gasteiger partial charge in [-0.2, -0.15) is 23.3 Å². The second kappa shape index (κ2) is 9.16. The first-order valence-electron chi connectivity index (χ1n) is 8.44. The van der Waals surface area contributed by atoms with Gasteiger partial charge in [0.15, 0.2) is 6.61 Å². The third-order valence-corrected chi connectivity index (χ3v) is 3.59. The molecule has 1 amide bonds. The minimum atomic E-state index is -4.57. The van der Waals surface area contributed by atoms with Gasteiger partial charge in [0.25, 0.3) is 5.91 Å². The molecule has 8 heteroatoms. The Morgan fingerprint density at radius 3 is 2.39 bits per heavy atom. The first-order chi connectivity index (χ1) is 13.2. The number of benzene rings is 2. The highest BCUT2D eigenvalue weighted by atomic mass is 19.4. The van der Waals surface area contributed by atoms with Crippen molar-refractivity contribution in [2.75, 3.05) is 11.6 Å². The lowest BCUT2D eigenvalue weighted by Crippen LogP contribution is -2.31. The van der Waals surface area contributed by atoms with E-state index in [0.29, 0.717) is 5.56 Å². The summed E-state index contributed by atoms with van der Waals surface area (Å²) >= 11 is 0. The highest BCUT2D eigenvalue weighted by molar-refractivity contribution is 5.96. The Hall–Kier alpha value is -3.16. The van der Waals surface area contributed by atoms with Crippen LogP contribution in [-0.2, 0) is 20.5 Å². The maximum absolute atomic E-state index is 13.0. The van der Waals surface area contributed by atoms with Crippen LogP contribution in [-0.4, -0.2) is 24.7 Å². The van der Waals surface area contributed by atoms with Gasteiger partial charge >= 0.3 is 12.1 Å². The highest BCUT2D eigenvalue weighted by Crippen LogP contribution is 2.31. The summed E-state index contributed by atoms with van der Waals surface area (Å²) < 4.78 is 43.9. The third-order valence-electron chi connectivity index (χ3n) is 3.59. The van der Waals surface area contributed by atoms with Gasteiger partial charge in [-0.05, 0) is 23.8 Å². The monoisotopic (exact) mass is 392 g/mol. The van der Waals surface area contributed by atoms with Crippen LogP contribution in [0.2, 0.25) is 0 Å². The topological polar surface area (TPSA) is 59.0 Å². The SMILES string of the molecule is CC(C)C(=O)OCC(=O)N(/N=C/c1ccccc1)c1cccc(C(F)(F)F)c1. The zero-order chi connectivity index (χ0) is 20.7. The van der Waals surface area contributed by atoms with Crippen molar-refractivity contribution in [2.24, 2.45) is 11.0 Å². The summed E-state index contributed by atoms with van der Waals surface area (Å²) in [6.07, 6.45) is -3.24. The number of alkyl halides is 3. The van der Waals surface area contributed by atoms with E-state index in [1.165, 1.54) is 18.3 Å². The number of anilines is 1. The number of rotatable bonds is 6. The van der Waals surface area contributed by atoms with Gasteiger partial charge in [-0.1, -0.05) is 50.2 Å². The van der Waals surface area contributed by atoms with E-state index in [1.54, 1.807) is 44.2 Å². The lowest BCUT2D eigenvalue weighted by atomic mass is 10.2. The Morgan fingerprint density at radius 2 is 1.79 bits per heavy atom. The van der Waals surface area contributed by atoms with Crippen molar-refractivity contribution >= 4 is 23.8 Å². The molecule has 0 unspecified atom stereocenters. The van der Waals surface area contributed by atoms with Gasteiger partial charge in [0.05, 0.1) is 23.4 Å². The fourth-order valence-corrected chi connectivity index (χ4v) is 2.11. The fraction of sp³-hybridized carbons (Fsp3) is 0.250. The van der Waals surface area contributed by atoms with Crippen molar-refractivity contribution in [2.45, 2.75) is 20.0 Å². The number of carbonyl (C=O) groups is 2. The van der Waals surface area contributed by atoms with Crippen molar-refractivity contribution in [1.82, 2.24) is 0 Å². The zero-order valence-corrected chi connectivity index (χ0v) is 15.3. The molecule has 0 atom stereocenters. The molecule has 0 N–H and O–H groups in total. The average Bonchev–Trinajstić information content (AvgIpc) is 2.66. The van der Waals surface area contributed by atoms with Crippen LogP contribution >= 0.6 is 0 Å². The van der Waals surface area contributed by atoms with Crippen LogP contribution in [0.25, 0.3) is 0 Å². The minimum Gasteiger partial charge on any atom is -0.455 e. The van der Waals surface area contributed by atoms with Crippen molar-refractivity contribution in [3.05, 3.63) is 65.7 Å². The molecule has 0 aliphatic carbocycles. The number of halogens is 3. The molecule has 0 spiro atoms. The molecule has 0 fully saturated rings. The smallest absolute Gasteiger partial charge is 0.416 e. The van der Waals surface area contributed by atoms with Gasteiger partial charge in [-0.15, -0.1) is 0 Å². The summed E-state index contributed by atoms with van der Waals surface area (Å²) in [4.78, 5) is 24.1. The number of carbonyl (C=O) groups excluding carboxylic acids is 2. The molecule has 0 heterocycles. The molecule has 148 valence electrons. The zero-order valence-electron chi connectivity index (χ0n) is 15.3. The third kappa shape index (κ3) is 5.94. The van der Waals surface area contributed by atoms with E-state index >= 15 is 0 Å². The Bertz CT molecular complexity index is 849. The van der Waals surface area contributed by atoms with Crippen LogP contribution in [0.5, 0.6) is 0 Å². The number of nitrogens with zero attached hydrogens (tertiary/aromatic N) is 2. The quantitative estimate of drug-likeness (QED) is 0.419. The number of hydrogen-bond acceptors (Lipinski definition) is 4. The Kier molecular flexibility index (Phi) is 6.92. The van der Waals surface area contributed by atoms with E-state index in [1.807, 2.05) is 0 Å². The van der Waals surface area contributed by atoms with Gasteiger partial charge in [-0.3, -0.25) is 9.59 Å². The van der Waals surface area contributed by atoms with Crippen molar-refractivity contribution in [3.8, 4) is 0 Å². The van der Waals surface area contributed by atoms with Crippen molar-refractivity contribution in [1.29, 1.82) is 0 Å². The number of esters is 1. The molecule has 0 aliphatic rings. The van der Waals surface area contributed by atoms with Crippen LogP contribution in [0.1, 0.15) is 25.0 Å². The first-order valence-corrected chi connectivity index (χ1v) is 8.44. The molecular formula is C20H19F3N2O3. The molecule has 0 bridgehead atoms. The highest BCUT2D eigenvalue weighted by Gasteiger charge is 2.31. The minimum absolute atomic E-state index is 0.0902. The summed E-state index contributed by atoms with van der Waals surface area (Å²) in [5.41, 5.74) is -0.365. The fourth-order valence-electron chi connectivity index (χ4n) is 2.11. The Balaban J connectivity index is 2.32. The number of hydrogen-bond donors (Lipinski definition) is 0. The molecule has 5 nitrogen and oxygen atoms in total. The predicted molar refractivity (Wildman–Crippen MR) is 98.8 cm³/mol. The second-order valence-corrected chi connectivity index (χ2v) is 6.17. The normalized spacial score (nSPS) is 11.6. The molecule has 2 aromatic rings. The predicted octanol–water partition coefficient (Wildman–Crippen LogP) is 4.27. The molecule has 0 saturated heterocycles. The Morgan fingerprint density at radius 1 is 1.11 bits per heavy atom. The van der Waals surface area contributed by atoms with E-state index in [-0.39, 0.29) is 5.69 Å². The average molecular weight is 392 g/mol. The first kappa shape index (κ1) is 21.1. The number of amides is 1. The van der Waals surface area contributed by atoms with E-state index in [2.05, 4.69) is 5.10 Å². The Labute approximate surface area is 160 Å². The molecule has 0 aliphatic heterocycles. The van der Waals surface area contributed by atoms with Gasteiger partial charge < -0.3 is 4.74 Å². The lowest BCUT2D eigenvalue weighted by molar-refractivity contribution is -0.150. The van der Waals surface area contributed by atoms with Crippen LogP contribution in [0, 0.1) is 5.92 Å². The lowest BCUT2D eigenvalue weighted by Gasteiger charge is -2.19. The summed E-state index contributed by atoms with van der Waals surface area (Å²) in [7, 11) is 0. The maximum atomic E-state index is 13.0. The molecule has 28 heavy (non-hydrogen) atoms. The van der Waals surface area contributed by atoms with Crippen molar-refractivity contribution in [3.63, 3.8) is 0 Å². The van der Waals surface area contributed by atoms with Gasteiger partial charge in [-0.25, -0.2) is 0 Å². The van der Waals surface area contributed by atoms with E-state index < -0.39 is 36.1 Å². The van der Waals surface area contributed by atoms with Crippen molar-refractivity contribution < 1.29 is 27.5 Å². The van der Waals surface area contributed by atoms with Gasteiger partial charge in [0, 0.05) is 0 Å². The van der Waals surface area contributed by atoms with E-state index in [0.717, 1.165) is 17.1 Å². The largest absolute Gasteiger partial charge is 0.455 e. The molecular weight excluding hydrogens is 373 g/mol. The van der Waals surface area contributed by atoms with E-state index in [4.69, 9.17) is 4.74 Å². The molecule has 2 rings (SSSR count). The molecule has 0 radical (unpaired) electrons. The number of ether oxygens (including phenoxy) is 1. The molecule has 0 aromatic heterocycles. The summed E-state index contributed by atoms with van der Waals surface area (Å²) in [5.74, 6) is -1.81. The summed E-state index contributed by atoms with van der Waals surface area (Å²) in [5, 5.41) is 4.80. The van der Waals surface area contributed by atoms with Crippen LogP contribution < -0.4 is 5.01 Å². The van der Waals surface area contributed by atoms with Crippen LogP contribution in [0.15, 0.2) is 59.7 Å². The maximum Gasteiger partial charge on any atom is 0.416 e. The van der Waals surface area contributed by atoms with Gasteiger partial charge in [0.2, 0.25) is 0 Å². The second-order valence-electron chi connectivity index (χ2n) is 6.17.